The Bertz CT molecular complexity index is 612. The molecule has 21 heavy (non-hydrogen) atoms. The van der Waals surface area contributed by atoms with Crippen molar-refractivity contribution in [2.45, 2.75) is 18.9 Å². The molecule has 0 fully saturated rings. The van der Waals surface area contributed by atoms with E-state index in [1.54, 1.807) is 13.2 Å². The van der Waals surface area contributed by atoms with Crippen molar-refractivity contribution >= 4 is 11.7 Å². The number of carbonyl (C=O) groups is 1. The van der Waals surface area contributed by atoms with Crippen LogP contribution in [-0.2, 0) is 10.3 Å². The van der Waals surface area contributed by atoms with Gasteiger partial charge in [0.25, 0.3) is 0 Å². The monoisotopic (exact) mass is 285 g/mol. The maximum absolute atomic E-state index is 12.0. The second-order valence-corrected chi connectivity index (χ2v) is 4.76. The lowest BCUT2D eigenvalue weighted by Gasteiger charge is -2.31. The van der Waals surface area contributed by atoms with Crippen LogP contribution in [0.3, 0.4) is 0 Å². The van der Waals surface area contributed by atoms with Crippen molar-refractivity contribution in [1.82, 2.24) is 0 Å². The standard InChI is InChI=1S/C17H19NO3/c1-3-17(16(19)20,13-9-5-4-6-10-13)18-14-11-7-8-12-15(14)21-2/h4-12,18H,3H2,1-2H3,(H,19,20). The average molecular weight is 285 g/mol. The van der Waals surface area contributed by atoms with Crippen LogP contribution in [0.4, 0.5) is 5.69 Å². The van der Waals surface area contributed by atoms with Gasteiger partial charge in [0.2, 0.25) is 0 Å². The highest BCUT2D eigenvalue weighted by atomic mass is 16.5. The van der Waals surface area contributed by atoms with Crippen LogP contribution >= 0.6 is 0 Å². The summed E-state index contributed by atoms with van der Waals surface area (Å²) in [4.78, 5) is 12.0. The Balaban J connectivity index is 2.49. The van der Waals surface area contributed by atoms with Crippen LogP contribution in [0.25, 0.3) is 0 Å². The van der Waals surface area contributed by atoms with E-state index in [0.29, 0.717) is 23.4 Å². The lowest BCUT2D eigenvalue weighted by molar-refractivity contribution is -0.142. The smallest absolute Gasteiger partial charge is 0.334 e. The molecule has 0 aliphatic heterocycles. The molecule has 2 N–H and O–H groups in total. The third-order valence-corrected chi connectivity index (χ3v) is 3.62. The van der Waals surface area contributed by atoms with Gasteiger partial charge in [-0.2, -0.15) is 0 Å². The van der Waals surface area contributed by atoms with Gasteiger partial charge in [0.1, 0.15) is 5.75 Å². The Hall–Kier alpha value is -2.49. The molecule has 1 atom stereocenters. The zero-order valence-corrected chi connectivity index (χ0v) is 12.2. The fraction of sp³-hybridized carbons (Fsp3) is 0.235. The molecule has 0 bridgehead atoms. The predicted molar refractivity (Wildman–Crippen MR) is 82.7 cm³/mol. The third-order valence-electron chi connectivity index (χ3n) is 3.62. The summed E-state index contributed by atoms with van der Waals surface area (Å²) in [6.45, 7) is 1.85. The molecule has 0 aliphatic rings. The minimum Gasteiger partial charge on any atom is -0.495 e. The Labute approximate surface area is 124 Å². The van der Waals surface area contributed by atoms with Crippen molar-refractivity contribution in [3.05, 3.63) is 60.2 Å². The van der Waals surface area contributed by atoms with E-state index in [-0.39, 0.29) is 0 Å². The molecule has 1 unspecified atom stereocenters. The highest BCUT2D eigenvalue weighted by Crippen LogP contribution is 2.34. The lowest BCUT2D eigenvalue weighted by Crippen LogP contribution is -2.43. The van der Waals surface area contributed by atoms with Gasteiger partial charge in [-0.15, -0.1) is 0 Å². The van der Waals surface area contributed by atoms with Crippen molar-refractivity contribution in [2.24, 2.45) is 0 Å². The average Bonchev–Trinajstić information content (AvgIpc) is 2.53. The van der Waals surface area contributed by atoms with Gasteiger partial charge in [0, 0.05) is 0 Å². The Kier molecular flexibility index (Phi) is 4.48. The first-order valence-electron chi connectivity index (χ1n) is 6.84. The van der Waals surface area contributed by atoms with Crippen molar-refractivity contribution in [1.29, 1.82) is 0 Å². The number of carboxylic acid groups (broad SMARTS) is 1. The van der Waals surface area contributed by atoms with Gasteiger partial charge in [-0.25, -0.2) is 4.79 Å². The Morgan fingerprint density at radius 2 is 1.76 bits per heavy atom. The summed E-state index contributed by atoms with van der Waals surface area (Å²) >= 11 is 0. The second-order valence-electron chi connectivity index (χ2n) is 4.76. The van der Waals surface area contributed by atoms with Crippen LogP contribution < -0.4 is 10.1 Å². The fourth-order valence-corrected chi connectivity index (χ4v) is 2.39. The number of hydrogen-bond donors (Lipinski definition) is 2. The number of anilines is 1. The number of rotatable bonds is 6. The molecule has 2 aromatic rings. The molecule has 4 nitrogen and oxygen atoms in total. The number of ether oxygens (including phenoxy) is 1. The van der Waals surface area contributed by atoms with Gasteiger partial charge in [-0.3, -0.25) is 0 Å². The molecule has 0 saturated carbocycles. The fourth-order valence-electron chi connectivity index (χ4n) is 2.39. The molecule has 2 rings (SSSR count). The Morgan fingerprint density at radius 1 is 1.14 bits per heavy atom. The van der Waals surface area contributed by atoms with Crippen LogP contribution in [0.1, 0.15) is 18.9 Å². The van der Waals surface area contributed by atoms with Crippen LogP contribution in [0.15, 0.2) is 54.6 Å². The van der Waals surface area contributed by atoms with E-state index in [4.69, 9.17) is 4.74 Å². The van der Waals surface area contributed by atoms with Crippen LogP contribution in [0.5, 0.6) is 5.75 Å². The van der Waals surface area contributed by atoms with Crippen LogP contribution in [0.2, 0.25) is 0 Å². The molecule has 0 spiro atoms. The molecule has 0 aromatic heterocycles. The number of aliphatic carboxylic acids is 1. The zero-order chi connectivity index (χ0) is 15.3. The van der Waals surface area contributed by atoms with Gasteiger partial charge < -0.3 is 15.2 Å². The first-order chi connectivity index (χ1) is 10.1. The number of carboxylic acids is 1. The lowest BCUT2D eigenvalue weighted by atomic mass is 9.87. The van der Waals surface area contributed by atoms with E-state index in [1.165, 1.54) is 0 Å². The van der Waals surface area contributed by atoms with Gasteiger partial charge in [-0.05, 0) is 24.1 Å². The predicted octanol–water partition coefficient (Wildman–Crippen LogP) is 3.50. The summed E-state index contributed by atoms with van der Waals surface area (Å²) in [6, 6.07) is 16.5. The molecule has 0 saturated heterocycles. The number of benzene rings is 2. The number of hydrogen-bond acceptors (Lipinski definition) is 3. The third kappa shape index (κ3) is 2.84. The quantitative estimate of drug-likeness (QED) is 0.853. The first-order valence-corrected chi connectivity index (χ1v) is 6.84. The van der Waals surface area contributed by atoms with Crippen molar-refractivity contribution in [3.63, 3.8) is 0 Å². The summed E-state index contributed by atoms with van der Waals surface area (Å²) in [5, 5.41) is 13.0. The van der Waals surface area contributed by atoms with E-state index < -0.39 is 11.5 Å². The topological polar surface area (TPSA) is 58.6 Å². The SMILES string of the molecule is CCC(Nc1ccccc1OC)(C(=O)O)c1ccccc1. The van der Waals surface area contributed by atoms with Crippen LogP contribution in [-0.4, -0.2) is 18.2 Å². The first kappa shape index (κ1) is 14.9. The van der Waals surface area contributed by atoms with Gasteiger partial charge in [-0.1, -0.05) is 49.4 Å². The molecule has 0 aliphatic carbocycles. The summed E-state index contributed by atoms with van der Waals surface area (Å²) < 4.78 is 5.30. The molecule has 0 radical (unpaired) electrons. The minimum atomic E-state index is -1.18. The molecular weight excluding hydrogens is 266 g/mol. The van der Waals surface area contributed by atoms with Crippen molar-refractivity contribution in [2.75, 3.05) is 12.4 Å². The molecule has 2 aromatic carbocycles. The maximum atomic E-state index is 12.0. The van der Waals surface area contributed by atoms with E-state index in [0.717, 1.165) is 0 Å². The zero-order valence-electron chi connectivity index (χ0n) is 12.2. The summed E-state index contributed by atoms with van der Waals surface area (Å²) in [7, 11) is 1.57. The maximum Gasteiger partial charge on any atom is 0.334 e. The summed E-state index contributed by atoms with van der Waals surface area (Å²) in [5.74, 6) is -0.297. The molecule has 0 amide bonds. The van der Waals surface area contributed by atoms with Crippen molar-refractivity contribution < 1.29 is 14.6 Å². The highest BCUT2D eigenvalue weighted by Gasteiger charge is 2.39. The van der Waals surface area contributed by atoms with Gasteiger partial charge in [0.15, 0.2) is 5.54 Å². The number of para-hydroxylation sites is 2. The molecule has 0 heterocycles. The molecule has 4 heteroatoms. The van der Waals surface area contributed by atoms with Crippen LogP contribution in [0, 0.1) is 0 Å². The normalized spacial score (nSPS) is 13.2. The Morgan fingerprint density at radius 3 is 2.33 bits per heavy atom. The van der Waals surface area contributed by atoms with Gasteiger partial charge in [0.05, 0.1) is 12.8 Å². The molecular formula is C17H19NO3. The second kappa shape index (κ2) is 6.31. The number of nitrogens with one attached hydrogen (secondary N) is 1. The summed E-state index contributed by atoms with van der Waals surface area (Å²) in [6.07, 6.45) is 0.407. The van der Waals surface area contributed by atoms with Crippen molar-refractivity contribution in [3.8, 4) is 5.75 Å². The van der Waals surface area contributed by atoms with Gasteiger partial charge >= 0.3 is 5.97 Å². The largest absolute Gasteiger partial charge is 0.495 e. The van der Waals surface area contributed by atoms with E-state index in [2.05, 4.69) is 5.32 Å². The number of methoxy groups -OCH3 is 1. The highest BCUT2D eigenvalue weighted by molar-refractivity contribution is 5.85. The van der Waals surface area contributed by atoms with E-state index in [9.17, 15) is 9.90 Å². The summed E-state index contributed by atoms with van der Waals surface area (Å²) in [5.41, 5.74) is 0.189. The minimum absolute atomic E-state index is 0.407. The van der Waals surface area contributed by atoms with E-state index >= 15 is 0 Å². The molecule has 110 valence electrons. The van der Waals surface area contributed by atoms with E-state index in [1.807, 2.05) is 55.5 Å².